The second-order valence-corrected chi connectivity index (χ2v) is 7.51. The molecule has 3 heterocycles. The van der Waals surface area contributed by atoms with E-state index in [0.717, 1.165) is 22.5 Å². The summed E-state index contributed by atoms with van der Waals surface area (Å²) in [6.45, 7) is 3.24. The summed E-state index contributed by atoms with van der Waals surface area (Å²) in [7, 11) is 0. The third kappa shape index (κ3) is 3.10. The number of aryl methyl sites for hydroxylation is 1. The van der Waals surface area contributed by atoms with E-state index in [4.69, 9.17) is 4.74 Å². The van der Waals surface area contributed by atoms with Gasteiger partial charge in [0.05, 0.1) is 16.5 Å². The van der Waals surface area contributed by atoms with Crippen molar-refractivity contribution in [3.05, 3.63) is 81.9 Å². The molecule has 1 amide bonds. The summed E-state index contributed by atoms with van der Waals surface area (Å²) < 4.78 is 7.77. The van der Waals surface area contributed by atoms with Gasteiger partial charge in [-0.2, -0.15) is 4.98 Å². The Kier molecular flexibility index (Phi) is 4.47. The van der Waals surface area contributed by atoms with Gasteiger partial charge in [0, 0.05) is 30.8 Å². The van der Waals surface area contributed by atoms with Gasteiger partial charge in [0.25, 0.3) is 11.5 Å². The molecule has 0 bridgehead atoms. The van der Waals surface area contributed by atoms with E-state index in [0.29, 0.717) is 36.3 Å². The Morgan fingerprint density at radius 2 is 1.90 bits per heavy atom. The van der Waals surface area contributed by atoms with Gasteiger partial charge in [0.15, 0.2) is 0 Å². The van der Waals surface area contributed by atoms with E-state index in [1.165, 1.54) is 0 Å². The third-order valence-corrected chi connectivity index (χ3v) is 5.63. The molecule has 0 N–H and O–H groups in total. The van der Waals surface area contributed by atoms with Crippen LogP contribution in [0.15, 0.2) is 65.0 Å². The molecule has 6 nitrogen and oxygen atoms in total. The lowest BCUT2D eigenvalue weighted by atomic mass is 10.1. The molecule has 2 aromatic carbocycles. The predicted molar refractivity (Wildman–Crippen MR) is 116 cm³/mol. The van der Waals surface area contributed by atoms with Gasteiger partial charge in [0.1, 0.15) is 18.2 Å². The number of para-hydroxylation sites is 2. The molecule has 6 heteroatoms. The second-order valence-electron chi connectivity index (χ2n) is 7.51. The highest BCUT2D eigenvalue weighted by molar-refractivity contribution is 5.99. The largest absolute Gasteiger partial charge is 0.488 e. The Hall–Kier alpha value is -3.67. The van der Waals surface area contributed by atoms with Crippen molar-refractivity contribution in [3.8, 4) is 5.75 Å². The molecule has 3 aromatic rings. The lowest BCUT2D eigenvalue weighted by Crippen LogP contribution is -2.38. The van der Waals surface area contributed by atoms with Crippen molar-refractivity contribution in [1.29, 1.82) is 0 Å². The number of hydrogen-bond acceptors (Lipinski definition) is 4. The van der Waals surface area contributed by atoms with Gasteiger partial charge in [-0.25, -0.2) is 0 Å². The van der Waals surface area contributed by atoms with Gasteiger partial charge in [0.2, 0.25) is 0 Å². The minimum Gasteiger partial charge on any atom is -0.488 e. The summed E-state index contributed by atoms with van der Waals surface area (Å²) >= 11 is 0. The zero-order valence-corrected chi connectivity index (χ0v) is 16.7. The molecule has 5 rings (SSSR count). The molecule has 0 unspecified atom stereocenters. The molecular formula is C24H21N3O3. The van der Waals surface area contributed by atoms with Gasteiger partial charge < -0.3 is 14.2 Å². The van der Waals surface area contributed by atoms with E-state index >= 15 is 0 Å². The van der Waals surface area contributed by atoms with Crippen LogP contribution in [0, 0.1) is 6.92 Å². The normalized spacial score (nSPS) is 15.8. The zero-order valence-electron chi connectivity index (χ0n) is 16.7. The van der Waals surface area contributed by atoms with Crippen molar-refractivity contribution >= 4 is 28.6 Å². The summed E-state index contributed by atoms with van der Waals surface area (Å²) in [5, 5.41) is 0.602. The zero-order chi connectivity index (χ0) is 20.7. The average molecular weight is 399 g/mol. The number of ether oxygens (including phenoxy) is 1. The maximum Gasteiger partial charge on any atom is 0.280 e. The second kappa shape index (κ2) is 7.30. The van der Waals surface area contributed by atoms with E-state index < -0.39 is 0 Å². The SMILES string of the molecule is Cc1nc(=O)c2ccccc2n1C1=CCN(C(=O)C2=Cc3ccccc3OC2)CC1. The molecule has 0 atom stereocenters. The Morgan fingerprint density at radius 3 is 2.73 bits per heavy atom. The topological polar surface area (TPSA) is 64.4 Å². The fourth-order valence-electron chi connectivity index (χ4n) is 4.13. The number of hydrogen-bond donors (Lipinski definition) is 0. The number of benzene rings is 2. The van der Waals surface area contributed by atoms with Crippen molar-refractivity contribution in [3.63, 3.8) is 0 Å². The Morgan fingerprint density at radius 1 is 1.10 bits per heavy atom. The van der Waals surface area contributed by atoms with Crippen LogP contribution in [0.5, 0.6) is 5.75 Å². The highest BCUT2D eigenvalue weighted by atomic mass is 16.5. The molecule has 0 radical (unpaired) electrons. The summed E-state index contributed by atoms with van der Waals surface area (Å²) in [4.78, 5) is 31.3. The summed E-state index contributed by atoms with van der Waals surface area (Å²) in [5.74, 6) is 1.46. The van der Waals surface area contributed by atoms with Crippen LogP contribution in [0.1, 0.15) is 17.8 Å². The van der Waals surface area contributed by atoms with Gasteiger partial charge in [-0.1, -0.05) is 30.3 Å². The highest BCUT2D eigenvalue weighted by Gasteiger charge is 2.24. The van der Waals surface area contributed by atoms with Gasteiger partial charge in [-0.3, -0.25) is 9.59 Å². The fourth-order valence-corrected chi connectivity index (χ4v) is 4.13. The number of aromatic nitrogens is 2. The van der Waals surface area contributed by atoms with Crippen LogP contribution >= 0.6 is 0 Å². The molecule has 2 aliphatic heterocycles. The number of carbonyl (C=O) groups excluding carboxylic acids is 1. The quantitative estimate of drug-likeness (QED) is 0.664. The highest BCUT2D eigenvalue weighted by Crippen LogP contribution is 2.28. The molecule has 0 spiro atoms. The maximum atomic E-state index is 13.0. The molecule has 0 fully saturated rings. The smallest absolute Gasteiger partial charge is 0.280 e. The Balaban J connectivity index is 1.42. The number of amides is 1. The average Bonchev–Trinajstić information content (AvgIpc) is 2.79. The Labute approximate surface area is 173 Å². The van der Waals surface area contributed by atoms with Gasteiger partial charge in [-0.05, 0) is 37.3 Å². The van der Waals surface area contributed by atoms with Crippen LogP contribution in [-0.2, 0) is 4.79 Å². The van der Waals surface area contributed by atoms with Gasteiger partial charge >= 0.3 is 0 Å². The summed E-state index contributed by atoms with van der Waals surface area (Å²) in [6.07, 6.45) is 4.65. The molecular weight excluding hydrogens is 378 g/mol. The maximum absolute atomic E-state index is 13.0. The minimum absolute atomic E-state index is 0.000542. The number of rotatable bonds is 2. The van der Waals surface area contributed by atoms with Crippen LogP contribution in [0.2, 0.25) is 0 Å². The lowest BCUT2D eigenvalue weighted by molar-refractivity contribution is -0.127. The van der Waals surface area contributed by atoms with Crippen LogP contribution < -0.4 is 10.3 Å². The van der Waals surface area contributed by atoms with E-state index in [-0.39, 0.29) is 18.1 Å². The predicted octanol–water partition coefficient (Wildman–Crippen LogP) is 3.25. The van der Waals surface area contributed by atoms with Crippen molar-refractivity contribution in [2.75, 3.05) is 19.7 Å². The van der Waals surface area contributed by atoms with Crippen LogP contribution in [-0.4, -0.2) is 40.1 Å². The van der Waals surface area contributed by atoms with Crippen molar-refractivity contribution in [1.82, 2.24) is 14.5 Å². The minimum atomic E-state index is -0.211. The number of nitrogens with zero attached hydrogens (tertiary/aromatic N) is 3. The number of fused-ring (bicyclic) bond motifs is 2. The molecule has 150 valence electrons. The number of carbonyl (C=O) groups is 1. The third-order valence-electron chi connectivity index (χ3n) is 5.63. The molecule has 30 heavy (non-hydrogen) atoms. The standard InChI is InChI=1S/C24H21N3O3/c1-16-25-23(28)20-7-3-4-8-21(20)27(16)19-10-12-26(13-11-19)24(29)18-14-17-6-2-5-9-22(17)30-15-18/h2-10,14H,11-13,15H2,1H3. The molecule has 0 saturated carbocycles. The fraction of sp³-hybridized carbons (Fsp3) is 0.208. The van der Waals surface area contributed by atoms with Crippen molar-refractivity contribution < 1.29 is 9.53 Å². The van der Waals surface area contributed by atoms with E-state index in [1.807, 2.05) is 71.0 Å². The van der Waals surface area contributed by atoms with E-state index in [9.17, 15) is 9.59 Å². The first-order chi connectivity index (χ1) is 14.6. The summed E-state index contributed by atoms with van der Waals surface area (Å²) in [6, 6.07) is 15.2. The first-order valence-electron chi connectivity index (χ1n) is 10.0. The summed E-state index contributed by atoms with van der Waals surface area (Å²) in [5.41, 5.74) is 3.29. The van der Waals surface area contributed by atoms with Crippen LogP contribution in [0.4, 0.5) is 0 Å². The molecule has 1 aromatic heterocycles. The van der Waals surface area contributed by atoms with Crippen LogP contribution in [0.25, 0.3) is 22.7 Å². The van der Waals surface area contributed by atoms with Crippen LogP contribution in [0.3, 0.4) is 0 Å². The van der Waals surface area contributed by atoms with Crippen molar-refractivity contribution in [2.45, 2.75) is 13.3 Å². The van der Waals surface area contributed by atoms with Crippen molar-refractivity contribution in [2.24, 2.45) is 0 Å². The molecule has 0 saturated heterocycles. The van der Waals surface area contributed by atoms with Gasteiger partial charge in [-0.15, -0.1) is 0 Å². The van der Waals surface area contributed by atoms with E-state index in [2.05, 4.69) is 4.98 Å². The monoisotopic (exact) mass is 399 g/mol. The van der Waals surface area contributed by atoms with E-state index in [1.54, 1.807) is 6.07 Å². The molecule has 0 aliphatic carbocycles. The molecule has 2 aliphatic rings. The first kappa shape index (κ1) is 18.4. The first-order valence-corrected chi connectivity index (χ1v) is 10.0. The Bertz CT molecular complexity index is 1290. The lowest BCUT2D eigenvalue weighted by Gasteiger charge is -2.30.